The number of carbonyl (C=O) groups excluding carboxylic acids is 1. The number of hydrogen-bond acceptors (Lipinski definition) is 3. The number of carbonyl (C=O) groups is 2. The van der Waals surface area contributed by atoms with Gasteiger partial charge in [0.25, 0.3) is 0 Å². The fraction of sp³-hybridized carbons (Fsp3) is 0.833. The van der Waals surface area contributed by atoms with E-state index in [4.69, 9.17) is 9.84 Å². The second-order valence-corrected chi connectivity index (χ2v) is 4.67. The van der Waals surface area contributed by atoms with Crippen molar-refractivity contribution < 1.29 is 19.4 Å². The molecule has 0 aliphatic heterocycles. The van der Waals surface area contributed by atoms with Crippen molar-refractivity contribution in [2.24, 2.45) is 11.8 Å². The first-order valence-electron chi connectivity index (χ1n) is 6.08. The molecule has 5 nitrogen and oxygen atoms in total. The van der Waals surface area contributed by atoms with Gasteiger partial charge in [0, 0.05) is 19.8 Å². The maximum absolute atomic E-state index is 11.9. The lowest BCUT2D eigenvalue weighted by molar-refractivity contribution is -0.146. The predicted molar refractivity (Wildman–Crippen MR) is 62.6 cm³/mol. The second-order valence-electron chi connectivity index (χ2n) is 4.67. The standard InChI is InChI=1S/C12H21NO4/c1-8(6-7-17-2)13-11(14)9-4-3-5-10(9)12(15)16/h8-10H,3-7H2,1-2H3,(H,13,14)(H,15,16). The molecular formula is C12H21NO4. The topological polar surface area (TPSA) is 75.6 Å². The molecule has 0 radical (unpaired) electrons. The number of ether oxygens (including phenoxy) is 1. The van der Waals surface area contributed by atoms with Crippen LogP contribution in [0.2, 0.25) is 0 Å². The summed E-state index contributed by atoms with van der Waals surface area (Å²) < 4.78 is 4.93. The minimum Gasteiger partial charge on any atom is -0.481 e. The molecule has 0 aromatic heterocycles. The van der Waals surface area contributed by atoms with E-state index in [1.807, 2.05) is 6.92 Å². The monoisotopic (exact) mass is 243 g/mol. The fourth-order valence-electron chi connectivity index (χ4n) is 2.29. The highest BCUT2D eigenvalue weighted by Crippen LogP contribution is 2.32. The van der Waals surface area contributed by atoms with Crippen LogP contribution in [0.15, 0.2) is 0 Å². The van der Waals surface area contributed by atoms with Gasteiger partial charge in [-0.2, -0.15) is 0 Å². The third-order valence-corrected chi connectivity index (χ3v) is 3.31. The number of nitrogens with one attached hydrogen (secondary N) is 1. The largest absolute Gasteiger partial charge is 0.481 e. The van der Waals surface area contributed by atoms with Gasteiger partial charge < -0.3 is 15.2 Å². The SMILES string of the molecule is COCCC(C)NC(=O)C1CCCC1C(=O)O. The minimum atomic E-state index is -0.854. The highest BCUT2D eigenvalue weighted by molar-refractivity contribution is 5.85. The molecule has 3 unspecified atom stereocenters. The van der Waals surface area contributed by atoms with Crippen LogP contribution in [0.4, 0.5) is 0 Å². The summed E-state index contributed by atoms with van der Waals surface area (Å²) in [5.74, 6) is -1.85. The summed E-state index contributed by atoms with van der Waals surface area (Å²) in [4.78, 5) is 22.9. The van der Waals surface area contributed by atoms with Gasteiger partial charge >= 0.3 is 5.97 Å². The highest BCUT2D eigenvalue weighted by atomic mass is 16.5. The summed E-state index contributed by atoms with van der Waals surface area (Å²) in [6, 6.07) is 0.0255. The van der Waals surface area contributed by atoms with Gasteiger partial charge in [0.1, 0.15) is 0 Å². The van der Waals surface area contributed by atoms with Crippen molar-refractivity contribution in [2.45, 2.75) is 38.6 Å². The van der Waals surface area contributed by atoms with Gasteiger partial charge in [0.05, 0.1) is 11.8 Å². The number of methoxy groups -OCH3 is 1. The Kier molecular flexibility index (Phi) is 5.41. The van der Waals surface area contributed by atoms with E-state index in [0.29, 0.717) is 19.4 Å². The van der Waals surface area contributed by atoms with E-state index in [9.17, 15) is 9.59 Å². The van der Waals surface area contributed by atoms with Gasteiger partial charge in [0.15, 0.2) is 0 Å². The predicted octanol–water partition coefficient (Wildman–Crippen LogP) is 1.03. The molecule has 1 aliphatic carbocycles. The molecule has 0 spiro atoms. The molecule has 1 fully saturated rings. The van der Waals surface area contributed by atoms with Crippen molar-refractivity contribution in [1.82, 2.24) is 5.32 Å². The van der Waals surface area contributed by atoms with E-state index in [-0.39, 0.29) is 17.9 Å². The van der Waals surface area contributed by atoms with Crippen LogP contribution in [-0.4, -0.2) is 36.7 Å². The molecule has 0 bridgehead atoms. The molecule has 3 atom stereocenters. The minimum absolute atomic E-state index is 0.0255. The van der Waals surface area contributed by atoms with Crippen molar-refractivity contribution in [2.75, 3.05) is 13.7 Å². The zero-order valence-corrected chi connectivity index (χ0v) is 10.4. The molecule has 5 heteroatoms. The average Bonchev–Trinajstić information content (AvgIpc) is 2.75. The Labute approximate surface area is 102 Å². The zero-order valence-electron chi connectivity index (χ0n) is 10.4. The molecule has 17 heavy (non-hydrogen) atoms. The lowest BCUT2D eigenvalue weighted by atomic mass is 9.95. The third-order valence-electron chi connectivity index (χ3n) is 3.31. The van der Waals surface area contributed by atoms with Crippen LogP contribution in [0, 0.1) is 11.8 Å². The van der Waals surface area contributed by atoms with E-state index in [0.717, 1.165) is 12.8 Å². The number of carboxylic acids is 1. The maximum atomic E-state index is 11.9. The first-order chi connectivity index (χ1) is 8.06. The average molecular weight is 243 g/mol. The number of carboxylic acid groups (broad SMARTS) is 1. The Bertz CT molecular complexity index is 280. The Morgan fingerprint density at radius 1 is 1.41 bits per heavy atom. The molecule has 2 N–H and O–H groups in total. The number of amides is 1. The summed E-state index contributed by atoms with van der Waals surface area (Å²) >= 11 is 0. The fourth-order valence-corrected chi connectivity index (χ4v) is 2.29. The molecular weight excluding hydrogens is 222 g/mol. The Hall–Kier alpha value is -1.10. The van der Waals surface area contributed by atoms with Crippen molar-refractivity contribution in [3.63, 3.8) is 0 Å². The lowest BCUT2D eigenvalue weighted by Crippen LogP contribution is -2.40. The van der Waals surface area contributed by atoms with Gasteiger partial charge in [-0.15, -0.1) is 0 Å². The normalized spacial score (nSPS) is 25.5. The summed E-state index contributed by atoms with van der Waals surface area (Å²) in [5.41, 5.74) is 0. The molecule has 1 aliphatic rings. The summed E-state index contributed by atoms with van der Waals surface area (Å²) in [7, 11) is 1.62. The number of rotatable bonds is 6. The van der Waals surface area contributed by atoms with Crippen molar-refractivity contribution >= 4 is 11.9 Å². The Balaban J connectivity index is 2.43. The van der Waals surface area contributed by atoms with Crippen LogP contribution in [0.5, 0.6) is 0 Å². The van der Waals surface area contributed by atoms with Crippen LogP contribution < -0.4 is 5.32 Å². The van der Waals surface area contributed by atoms with Crippen LogP contribution in [0.1, 0.15) is 32.6 Å². The van der Waals surface area contributed by atoms with E-state index in [1.54, 1.807) is 7.11 Å². The highest BCUT2D eigenvalue weighted by Gasteiger charge is 2.37. The summed E-state index contributed by atoms with van der Waals surface area (Å²) in [5, 5.41) is 11.9. The van der Waals surface area contributed by atoms with Gasteiger partial charge in [0.2, 0.25) is 5.91 Å². The van der Waals surface area contributed by atoms with Crippen LogP contribution in [0.25, 0.3) is 0 Å². The Morgan fingerprint density at radius 2 is 2.06 bits per heavy atom. The molecule has 0 saturated heterocycles. The summed E-state index contributed by atoms with van der Waals surface area (Å²) in [6.07, 6.45) is 2.86. The lowest BCUT2D eigenvalue weighted by Gasteiger charge is -2.19. The van der Waals surface area contributed by atoms with E-state index < -0.39 is 11.9 Å². The molecule has 0 aromatic carbocycles. The molecule has 0 heterocycles. The number of hydrogen-bond donors (Lipinski definition) is 2. The third kappa shape index (κ3) is 4.00. The van der Waals surface area contributed by atoms with Gasteiger partial charge in [-0.1, -0.05) is 6.42 Å². The van der Waals surface area contributed by atoms with Gasteiger partial charge in [-0.05, 0) is 26.2 Å². The summed E-state index contributed by atoms with van der Waals surface area (Å²) in [6.45, 7) is 2.50. The molecule has 1 rings (SSSR count). The van der Waals surface area contributed by atoms with Crippen molar-refractivity contribution in [3.05, 3.63) is 0 Å². The van der Waals surface area contributed by atoms with Crippen molar-refractivity contribution in [1.29, 1.82) is 0 Å². The second kappa shape index (κ2) is 6.59. The van der Waals surface area contributed by atoms with E-state index in [1.165, 1.54) is 0 Å². The van der Waals surface area contributed by atoms with Crippen LogP contribution in [0.3, 0.4) is 0 Å². The van der Waals surface area contributed by atoms with Crippen molar-refractivity contribution in [3.8, 4) is 0 Å². The maximum Gasteiger partial charge on any atom is 0.307 e. The smallest absolute Gasteiger partial charge is 0.307 e. The molecule has 1 saturated carbocycles. The Morgan fingerprint density at radius 3 is 2.65 bits per heavy atom. The zero-order chi connectivity index (χ0) is 12.8. The first-order valence-corrected chi connectivity index (χ1v) is 6.08. The molecule has 98 valence electrons. The van der Waals surface area contributed by atoms with E-state index in [2.05, 4.69) is 5.32 Å². The first kappa shape index (κ1) is 14.0. The number of aliphatic carboxylic acids is 1. The van der Waals surface area contributed by atoms with Gasteiger partial charge in [-0.25, -0.2) is 0 Å². The molecule has 1 amide bonds. The quantitative estimate of drug-likeness (QED) is 0.730. The van der Waals surface area contributed by atoms with E-state index >= 15 is 0 Å². The van der Waals surface area contributed by atoms with Gasteiger partial charge in [-0.3, -0.25) is 9.59 Å². The van der Waals surface area contributed by atoms with Crippen LogP contribution in [-0.2, 0) is 14.3 Å². The molecule has 0 aromatic rings. The van der Waals surface area contributed by atoms with Crippen LogP contribution >= 0.6 is 0 Å².